The van der Waals surface area contributed by atoms with Gasteiger partial charge >= 0.3 is 0 Å². The number of carbonyl (C=O) groups excluding carboxylic acids is 1. The zero-order chi connectivity index (χ0) is 19.6. The molecule has 1 aliphatic rings. The molecule has 1 saturated heterocycles. The number of carbonyl (C=O) groups is 1. The number of sulfonamides is 1. The maximum atomic E-state index is 12.7. The molecule has 5 nitrogen and oxygen atoms in total. The Bertz CT molecular complexity index is 1060. The Balaban J connectivity index is 1.98. The SMILES string of the molecule is C=CCN1C(=O)C(=Cc2ccc(Br)cc2)SC1=NS(=O)(=O)c1ccc(Cl)s1. The summed E-state index contributed by atoms with van der Waals surface area (Å²) < 4.78 is 30.2. The van der Waals surface area contributed by atoms with E-state index in [1.54, 1.807) is 6.08 Å². The lowest BCUT2D eigenvalue weighted by Gasteiger charge is -2.12. The predicted molar refractivity (Wildman–Crippen MR) is 116 cm³/mol. The highest BCUT2D eigenvalue weighted by Crippen LogP contribution is 2.35. The van der Waals surface area contributed by atoms with Crippen LogP contribution < -0.4 is 0 Å². The molecule has 0 bridgehead atoms. The normalized spacial score (nSPS) is 17.9. The standard InChI is InChI=1S/C17H12BrClN2O3S3/c1-2-9-21-16(22)13(10-11-3-5-12(18)6-4-11)25-17(21)20-27(23,24)15-8-7-14(19)26-15/h2-8,10H,1,9H2. The highest BCUT2D eigenvalue weighted by atomic mass is 79.9. The molecule has 2 heterocycles. The van der Waals surface area contributed by atoms with Crippen LogP contribution in [-0.4, -0.2) is 30.9 Å². The molecule has 1 aromatic carbocycles. The molecule has 0 aliphatic carbocycles. The van der Waals surface area contributed by atoms with Crippen molar-refractivity contribution in [1.29, 1.82) is 0 Å². The molecular formula is C17H12BrClN2O3S3. The van der Waals surface area contributed by atoms with Gasteiger partial charge in [-0.05, 0) is 47.7 Å². The van der Waals surface area contributed by atoms with Gasteiger partial charge in [-0.2, -0.15) is 8.42 Å². The van der Waals surface area contributed by atoms with Gasteiger partial charge in [-0.1, -0.05) is 45.7 Å². The van der Waals surface area contributed by atoms with Crippen molar-refractivity contribution in [2.24, 2.45) is 4.40 Å². The van der Waals surface area contributed by atoms with Crippen molar-refractivity contribution in [2.75, 3.05) is 6.54 Å². The largest absolute Gasteiger partial charge is 0.294 e. The molecule has 0 atom stereocenters. The van der Waals surface area contributed by atoms with Crippen LogP contribution in [0.3, 0.4) is 0 Å². The molecule has 0 saturated carbocycles. The highest BCUT2D eigenvalue weighted by Gasteiger charge is 2.34. The number of benzene rings is 1. The van der Waals surface area contributed by atoms with Gasteiger partial charge in [0.15, 0.2) is 5.17 Å². The minimum Gasteiger partial charge on any atom is -0.282 e. The van der Waals surface area contributed by atoms with Crippen molar-refractivity contribution in [3.8, 4) is 0 Å². The summed E-state index contributed by atoms with van der Waals surface area (Å²) in [4.78, 5) is 14.4. The molecule has 1 aromatic heterocycles. The van der Waals surface area contributed by atoms with Crippen molar-refractivity contribution in [2.45, 2.75) is 4.21 Å². The summed E-state index contributed by atoms with van der Waals surface area (Å²) in [6.07, 6.45) is 3.22. The summed E-state index contributed by atoms with van der Waals surface area (Å²) in [6.45, 7) is 3.78. The Kier molecular flexibility index (Phi) is 6.27. The topological polar surface area (TPSA) is 66.8 Å². The molecule has 27 heavy (non-hydrogen) atoms. The Morgan fingerprint density at radius 2 is 1.93 bits per heavy atom. The first-order valence-corrected chi connectivity index (χ1v) is 11.7. The number of hydrogen-bond donors (Lipinski definition) is 0. The van der Waals surface area contributed by atoms with E-state index in [0.29, 0.717) is 9.24 Å². The Hall–Kier alpha value is -1.39. The number of halogens is 2. The lowest BCUT2D eigenvalue weighted by atomic mass is 10.2. The number of thiophene rings is 1. The summed E-state index contributed by atoms with van der Waals surface area (Å²) in [6, 6.07) is 10.3. The lowest BCUT2D eigenvalue weighted by Crippen LogP contribution is -2.29. The first kappa shape index (κ1) is 20.3. The maximum Gasteiger partial charge on any atom is 0.294 e. The van der Waals surface area contributed by atoms with E-state index in [1.165, 1.54) is 23.1 Å². The molecule has 1 aliphatic heterocycles. The maximum absolute atomic E-state index is 12.7. The van der Waals surface area contributed by atoms with Gasteiger partial charge in [-0.3, -0.25) is 9.69 Å². The van der Waals surface area contributed by atoms with Crippen LogP contribution in [0.4, 0.5) is 0 Å². The molecule has 0 radical (unpaired) electrons. The molecule has 1 amide bonds. The minimum atomic E-state index is -3.96. The van der Waals surface area contributed by atoms with E-state index in [1.807, 2.05) is 24.3 Å². The van der Waals surface area contributed by atoms with Crippen molar-refractivity contribution >= 4 is 77.8 Å². The first-order chi connectivity index (χ1) is 12.8. The fourth-order valence-corrected chi connectivity index (χ4v) is 6.08. The number of hydrogen-bond acceptors (Lipinski definition) is 5. The average molecular weight is 504 g/mol. The summed E-state index contributed by atoms with van der Waals surface area (Å²) in [7, 11) is -3.96. The van der Waals surface area contributed by atoms with Crippen molar-refractivity contribution in [1.82, 2.24) is 4.90 Å². The third-order valence-corrected chi connectivity index (χ3v) is 7.98. The molecule has 0 N–H and O–H groups in total. The van der Waals surface area contributed by atoms with Gasteiger partial charge in [-0.25, -0.2) is 0 Å². The fraction of sp³-hybridized carbons (Fsp3) is 0.0588. The van der Waals surface area contributed by atoms with Crippen LogP contribution in [-0.2, 0) is 14.8 Å². The summed E-state index contributed by atoms with van der Waals surface area (Å²) in [5.74, 6) is -0.319. The highest BCUT2D eigenvalue weighted by molar-refractivity contribution is 9.10. The number of thioether (sulfide) groups is 1. The van der Waals surface area contributed by atoms with Gasteiger partial charge in [0, 0.05) is 11.0 Å². The first-order valence-electron chi connectivity index (χ1n) is 7.48. The zero-order valence-corrected chi connectivity index (χ0v) is 18.4. The van der Waals surface area contributed by atoms with Crippen molar-refractivity contribution in [3.05, 3.63) is 68.3 Å². The minimum absolute atomic E-state index is 0.0249. The van der Waals surface area contributed by atoms with E-state index in [0.717, 1.165) is 33.1 Å². The number of amides is 1. The van der Waals surface area contributed by atoms with Gasteiger partial charge in [0.1, 0.15) is 4.21 Å². The third-order valence-electron chi connectivity index (χ3n) is 3.37. The Morgan fingerprint density at radius 1 is 1.22 bits per heavy atom. The molecule has 1 fully saturated rings. The van der Waals surface area contributed by atoms with Gasteiger partial charge < -0.3 is 0 Å². The van der Waals surface area contributed by atoms with E-state index >= 15 is 0 Å². The Morgan fingerprint density at radius 3 is 2.52 bits per heavy atom. The molecule has 10 heteroatoms. The van der Waals surface area contributed by atoms with E-state index in [2.05, 4.69) is 26.9 Å². The molecule has 140 valence electrons. The van der Waals surface area contributed by atoms with Crippen molar-refractivity contribution in [3.63, 3.8) is 0 Å². The van der Waals surface area contributed by atoms with E-state index < -0.39 is 10.0 Å². The zero-order valence-electron chi connectivity index (χ0n) is 13.6. The van der Waals surface area contributed by atoms with E-state index in [4.69, 9.17) is 11.6 Å². The second-order valence-corrected chi connectivity index (χ2v) is 10.7. The second kappa shape index (κ2) is 8.32. The van der Waals surface area contributed by atoms with Crippen molar-refractivity contribution < 1.29 is 13.2 Å². The van der Waals surface area contributed by atoms with Crippen LogP contribution >= 0.6 is 50.6 Å². The van der Waals surface area contributed by atoms with Crippen LogP contribution in [0.15, 0.2) is 67.0 Å². The monoisotopic (exact) mass is 502 g/mol. The van der Waals surface area contributed by atoms with Gasteiger partial charge in [-0.15, -0.1) is 22.3 Å². The molecular weight excluding hydrogens is 492 g/mol. The summed E-state index contributed by atoms with van der Waals surface area (Å²) in [5.41, 5.74) is 0.821. The summed E-state index contributed by atoms with van der Waals surface area (Å²) in [5, 5.41) is 0.0905. The quantitative estimate of drug-likeness (QED) is 0.425. The average Bonchev–Trinajstić information content (AvgIpc) is 3.17. The van der Waals surface area contributed by atoms with Crippen LogP contribution in [0.5, 0.6) is 0 Å². The molecule has 0 spiro atoms. The molecule has 0 unspecified atom stereocenters. The number of amidine groups is 1. The van der Waals surface area contributed by atoms with Crippen LogP contribution in [0.1, 0.15) is 5.56 Å². The Labute approximate surface area is 178 Å². The third kappa shape index (κ3) is 4.72. The van der Waals surface area contributed by atoms with Crippen LogP contribution in [0.25, 0.3) is 6.08 Å². The van der Waals surface area contributed by atoms with Crippen LogP contribution in [0, 0.1) is 0 Å². The molecule has 2 aromatic rings. The van der Waals surface area contributed by atoms with E-state index in [-0.39, 0.29) is 21.8 Å². The molecule has 3 rings (SSSR count). The van der Waals surface area contributed by atoms with Crippen LogP contribution in [0.2, 0.25) is 4.34 Å². The smallest absolute Gasteiger partial charge is 0.282 e. The summed E-state index contributed by atoms with van der Waals surface area (Å²) >= 11 is 11.1. The second-order valence-electron chi connectivity index (χ2n) is 5.27. The fourth-order valence-electron chi connectivity index (χ4n) is 2.16. The van der Waals surface area contributed by atoms with Gasteiger partial charge in [0.25, 0.3) is 15.9 Å². The van der Waals surface area contributed by atoms with Gasteiger partial charge in [0.2, 0.25) is 0 Å². The lowest BCUT2D eigenvalue weighted by molar-refractivity contribution is -0.121. The van der Waals surface area contributed by atoms with Gasteiger partial charge in [0.05, 0.1) is 9.24 Å². The van der Waals surface area contributed by atoms with E-state index in [9.17, 15) is 13.2 Å². The predicted octanol–water partition coefficient (Wildman–Crippen LogP) is 5.01. The number of rotatable bonds is 5. The number of nitrogens with zero attached hydrogens (tertiary/aromatic N) is 2.